The lowest BCUT2D eigenvalue weighted by atomic mass is 10.2. The zero-order chi connectivity index (χ0) is 11.1. The standard InChI is InChI=1S/C11H23N3O/c1-13-10(11(12)15)6-9-14-7-4-2-3-5-8-14/h10,13H,2-9H2,1H3,(H2,12,15). The number of nitrogens with zero attached hydrogens (tertiary/aromatic N) is 1. The van der Waals surface area contributed by atoms with Gasteiger partial charge >= 0.3 is 0 Å². The fourth-order valence-corrected chi connectivity index (χ4v) is 2.10. The topological polar surface area (TPSA) is 58.4 Å². The van der Waals surface area contributed by atoms with Crippen molar-refractivity contribution < 1.29 is 4.79 Å². The van der Waals surface area contributed by atoms with Gasteiger partial charge in [0.1, 0.15) is 0 Å². The van der Waals surface area contributed by atoms with Gasteiger partial charge in [-0.3, -0.25) is 4.79 Å². The number of nitrogens with two attached hydrogens (primary N) is 1. The van der Waals surface area contributed by atoms with Gasteiger partial charge in [-0.15, -0.1) is 0 Å². The number of nitrogens with one attached hydrogen (secondary N) is 1. The molecule has 3 N–H and O–H groups in total. The summed E-state index contributed by atoms with van der Waals surface area (Å²) in [6.45, 7) is 3.33. The Kier molecular flexibility index (Phi) is 5.65. The molecule has 1 saturated heterocycles. The fraction of sp³-hybridized carbons (Fsp3) is 0.909. The highest BCUT2D eigenvalue weighted by Crippen LogP contribution is 2.10. The van der Waals surface area contributed by atoms with Crippen LogP contribution < -0.4 is 11.1 Å². The average Bonchev–Trinajstić information content (AvgIpc) is 2.46. The van der Waals surface area contributed by atoms with Gasteiger partial charge in [0.05, 0.1) is 6.04 Å². The third-order valence-corrected chi connectivity index (χ3v) is 3.12. The molecule has 1 aliphatic rings. The van der Waals surface area contributed by atoms with Crippen molar-refractivity contribution in [1.82, 2.24) is 10.2 Å². The van der Waals surface area contributed by atoms with E-state index in [1.165, 1.54) is 38.8 Å². The van der Waals surface area contributed by atoms with E-state index in [2.05, 4.69) is 10.2 Å². The van der Waals surface area contributed by atoms with Crippen molar-refractivity contribution in [3.05, 3.63) is 0 Å². The molecule has 0 spiro atoms. The summed E-state index contributed by atoms with van der Waals surface area (Å²) in [5, 5.41) is 2.96. The predicted octanol–water partition coefficient (Wildman–Crippen LogP) is 0.326. The van der Waals surface area contributed by atoms with Crippen LogP contribution in [0.5, 0.6) is 0 Å². The number of rotatable bonds is 5. The zero-order valence-corrected chi connectivity index (χ0v) is 9.67. The number of hydrogen-bond donors (Lipinski definition) is 2. The second-order valence-corrected chi connectivity index (χ2v) is 4.29. The molecule has 1 aliphatic heterocycles. The molecule has 0 bridgehead atoms. The van der Waals surface area contributed by atoms with E-state index in [0.717, 1.165) is 13.0 Å². The van der Waals surface area contributed by atoms with Crippen molar-refractivity contribution in [3.8, 4) is 0 Å². The van der Waals surface area contributed by atoms with Crippen LogP contribution >= 0.6 is 0 Å². The average molecular weight is 213 g/mol. The van der Waals surface area contributed by atoms with E-state index in [0.29, 0.717) is 0 Å². The summed E-state index contributed by atoms with van der Waals surface area (Å²) in [5.74, 6) is -0.243. The second-order valence-electron chi connectivity index (χ2n) is 4.29. The second kappa shape index (κ2) is 6.80. The zero-order valence-electron chi connectivity index (χ0n) is 9.67. The normalized spacial score (nSPS) is 20.9. The molecule has 0 aromatic rings. The number of hydrogen-bond acceptors (Lipinski definition) is 3. The number of primary amides is 1. The van der Waals surface area contributed by atoms with E-state index in [1.54, 1.807) is 7.05 Å². The van der Waals surface area contributed by atoms with Crippen molar-refractivity contribution >= 4 is 5.91 Å². The summed E-state index contributed by atoms with van der Waals surface area (Å²) in [6, 6.07) is -0.173. The summed E-state index contributed by atoms with van der Waals surface area (Å²) in [6.07, 6.45) is 6.11. The first kappa shape index (κ1) is 12.5. The first-order valence-electron chi connectivity index (χ1n) is 5.93. The minimum atomic E-state index is -0.243. The molecule has 4 nitrogen and oxygen atoms in total. The molecule has 0 saturated carbocycles. The third-order valence-electron chi connectivity index (χ3n) is 3.12. The maximum absolute atomic E-state index is 11.0. The Morgan fingerprint density at radius 1 is 1.33 bits per heavy atom. The molecule has 1 heterocycles. The van der Waals surface area contributed by atoms with E-state index < -0.39 is 0 Å². The van der Waals surface area contributed by atoms with Crippen LogP contribution in [0.15, 0.2) is 0 Å². The van der Waals surface area contributed by atoms with Crippen LogP contribution in [0, 0.1) is 0 Å². The Morgan fingerprint density at radius 3 is 2.40 bits per heavy atom. The Morgan fingerprint density at radius 2 is 1.93 bits per heavy atom. The summed E-state index contributed by atoms with van der Waals surface area (Å²) < 4.78 is 0. The first-order chi connectivity index (χ1) is 7.24. The van der Waals surface area contributed by atoms with Crippen LogP contribution in [0.2, 0.25) is 0 Å². The van der Waals surface area contributed by atoms with Gasteiger partial charge in [-0.25, -0.2) is 0 Å². The van der Waals surface area contributed by atoms with Crippen LogP contribution in [0.3, 0.4) is 0 Å². The molecule has 1 unspecified atom stereocenters. The number of carbonyl (C=O) groups is 1. The van der Waals surface area contributed by atoms with Crippen molar-refractivity contribution in [2.24, 2.45) is 5.73 Å². The lowest BCUT2D eigenvalue weighted by molar-refractivity contribution is -0.120. The van der Waals surface area contributed by atoms with Gasteiger partial charge in [0.2, 0.25) is 5.91 Å². The van der Waals surface area contributed by atoms with Crippen LogP contribution in [-0.4, -0.2) is 43.5 Å². The molecular formula is C11H23N3O. The van der Waals surface area contributed by atoms with Gasteiger partial charge in [-0.1, -0.05) is 12.8 Å². The Balaban J connectivity index is 2.24. The Bertz CT molecular complexity index is 188. The molecule has 0 aliphatic carbocycles. The van der Waals surface area contributed by atoms with E-state index in [-0.39, 0.29) is 11.9 Å². The molecule has 15 heavy (non-hydrogen) atoms. The fourth-order valence-electron chi connectivity index (χ4n) is 2.10. The van der Waals surface area contributed by atoms with E-state index >= 15 is 0 Å². The molecule has 1 amide bonds. The van der Waals surface area contributed by atoms with E-state index in [4.69, 9.17) is 5.73 Å². The monoisotopic (exact) mass is 213 g/mol. The first-order valence-corrected chi connectivity index (χ1v) is 5.93. The molecule has 1 rings (SSSR count). The van der Waals surface area contributed by atoms with Gasteiger partial charge in [0, 0.05) is 6.54 Å². The summed E-state index contributed by atoms with van der Waals surface area (Å²) in [7, 11) is 1.79. The smallest absolute Gasteiger partial charge is 0.234 e. The highest BCUT2D eigenvalue weighted by molar-refractivity contribution is 5.79. The maximum Gasteiger partial charge on any atom is 0.234 e. The van der Waals surface area contributed by atoms with Crippen molar-refractivity contribution in [1.29, 1.82) is 0 Å². The molecule has 0 aromatic carbocycles. The molecule has 0 radical (unpaired) electrons. The van der Waals surface area contributed by atoms with E-state index in [9.17, 15) is 4.79 Å². The van der Waals surface area contributed by atoms with Gasteiger partial charge in [-0.2, -0.15) is 0 Å². The van der Waals surface area contributed by atoms with Crippen LogP contribution in [0.1, 0.15) is 32.1 Å². The molecule has 1 atom stereocenters. The highest BCUT2D eigenvalue weighted by atomic mass is 16.1. The SMILES string of the molecule is CNC(CCN1CCCCCC1)C(N)=O. The van der Waals surface area contributed by atoms with Crippen LogP contribution in [0.4, 0.5) is 0 Å². The minimum Gasteiger partial charge on any atom is -0.368 e. The van der Waals surface area contributed by atoms with Gasteiger partial charge in [-0.05, 0) is 39.4 Å². The summed E-state index contributed by atoms with van der Waals surface area (Å²) in [4.78, 5) is 13.5. The Labute approximate surface area is 92.2 Å². The largest absolute Gasteiger partial charge is 0.368 e. The summed E-state index contributed by atoms with van der Waals surface area (Å²) in [5.41, 5.74) is 5.27. The van der Waals surface area contributed by atoms with Crippen LogP contribution in [0.25, 0.3) is 0 Å². The molecule has 0 aromatic heterocycles. The van der Waals surface area contributed by atoms with E-state index in [1.807, 2.05) is 0 Å². The molecule has 1 fully saturated rings. The van der Waals surface area contributed by atoms with Crippen molar-refractivity contribution in [2.75, 3.05) is 26.7 Å². The number of likely N-dealkylation sites (N-methyl/N-ethyl adjacent to an activating group) is 1. The van der Waals surface area contributed by atoms with Crippen molar-refractivity contribution in [2.45, 2.75) is 38.1 Å². The number of likely N-dealkylation sites (tertiary alicyclic amines) is 1. The molecule has 88 valence electrons. The quantitative estimate of drug-likeness (QED) is 0.692. The number of carbonyl (C=O) groups excluding carboxylic acids is 1. The lowest BCUT2D eigenvalue weighted by Gasteiger charge is -2.21. The Hall–Kier alpha value is -0.610. The number of amides is 1. The predicted molar refractivity (Wildman–Crippen MR) is 61.6 cm³/mol. The minimum absolute atomic E-state index is 0.173. The van der Waals surface area contributed by atoms with Gasteiger partial charge < -0.3 is 16.0 Å². The molecule has 4 heteroatoms. The highest BCUT2D eigenvalue weighted by Gasteiger charge is 2.15. The molecular weight excluding hydrogens is 190 g/mol. The maximum atomic E-state index is 11.0. The van der Waals surface area contributed by atoms with Crippen molar-refractivity contribution in [3.63, 3.8) is 0 Å². The summed E-state index contributed by atoms with van der Waals surface area (Å²) >= 11 is 0. The third kappa shape index (κ3) is 4.62. The lowest BCUT2D eigenvalue weighted by Crippen LogP contribution is -2.42. The van der Waals surface area contributed by atoms with Crippen LogP contribution in [-0.2, 0) is 4.79 Å². The van der Waals surface area contributed by atoms with Gasteiger partial charge in [0.25, 0.3) is 0 Å². The van der Waals surface area contributed by atoms with Gasteiger partial charge in [0.15, 0.2) is 0 Å².